The quantitative estimate of drug-likeness (QED) is 0.764. The summed E-state index contributed by atoms with van der Waals surface area (Å²) in [6, 6.07) is 7.21. The van der Waals surface area contributed by atoms with E-state index in [2.05, 4.69) is 0 Å². The van der Waals surface area contributed by atoms with Gasteiger partial charge in [0.25, 0.3) is 0 Å². The van der Waals surface area contributed by atoms with Crippen molar-refractivity contribution in [3.05, 3.63) is 69.8 Å². The molecule has 26 heavy (non-hydrogen) atoms. The summed E-state index contributed by atoms with van der Waals surface area (Å²) in [5.41, 5.74) is -0.734. The van der Waals surface area contributed by atoms with E-state index in [4.69, 9.17) is 0 Å². The molecule has 0 bridgehead atoms. The van der Waals surface area contributed by atoms with Crippen molar-refractivity contribution in [3.63, 3.8) is 0 Å². The van der Waals surface area contributed by atoms with Crippen molar-refractivity contribution in [2.75, 3.05) is 0 Å². The van der Waals surface area contributed by atoms with Gasteiger partial charge in [-0.3, -0.25) is 14.4 Å². The Morgan fingerprint density at radius 3 is 1.23 bits per heavy atom. The number of hydrogen-bond acceptors (Lipinski definition) is 5. The lowest BCUT2D eigenvalue weighted by Crippen LogP contribution is -2.12. The number of benzene rings is 2. The van der Waals surface area contributed by atoms with Gasteiger partial charge in [0, 0.05) is 22.3 Å². The van der Waals surface area contributed by atoms with Crippen molar-refractivity contribution in [1.82, 2.24) is 0 Å². The highest BCUT2D eigenvalue weighted by molar-refractivity contribution is 6.14. The van der Waals surface area contributed by atoms with Crippen LogP contribution in [0.3, 0.4) is 0 Å². The summed E-state index contributed by atoms with van der Waals surface area (Å²) in [4.78, 5) is 58.2. The van der Waals surface area contributed by atoms with E-state index in [9.17, 15) is 34.2 Å². The largest absolute Gasteiger partial charge is 0.478 e. The molecule has 0 aromatic heterocycles. The van der Waals surface area contributed by atoms with Crippen LogP contribution < -0.4 is 0 Å². The Morgan fingerprint density at radius 2 is 0.962 bits per heavy atom. The molecule has 0 radical (unpaired) electrons. The Kier molecular flexibility index (Phi) is 5.11. The summed E-state index contributed by atoms with van der Waals surface area (Å²) in [7, 11) is 0. The minimum absolute atomic E-state index is 0.0145. The molecule has 2 aromatic carbocycles. The van der Waals surface area contributed by atoms with Gasteiger partial charge < -0.3 is 10.2 Å². The molecule has 132 valence electrons. The maximum atomic E-state index is 12.6. The predicted molar refractivity (Wildman–Crippen MR) is 90.2 cm³/mol. The third-order valence-electron chi connectivity index (χ3n) is 3.78. The van der Waals surface area contributed by atoms with E-state index in [1.807, 2.05) is 0 Å². The van der Waals surface area contributed by atoms with Gasteiger partial charge >= 0.3 is 11.9 Å². The van der Waals surface area contributed by atoms with E-state index < -0.39 is 29.3 Å². The summed E-state index contributed by atoms with van der Waals surface area (Å²) < 4.78 is 0. The molecule has 0 atom stereocenters. The zero-order valence-electron chi connectivity index (χ0n) is 13.9. The first-order chi connectivity index (χ1) is 12.1. The Hall–Kier alpha value is -3.61. The maximum absolute atomic E-state index is 12.6. The second-order valence-corrected chi connectivity index (χ2v) is 5.57. The third-order valence-corrected chi connectivity index (χ3v) is 3.78. The van der Waals surface area contributed by atoms with Crippen molar-refractivity contribution in [2.24, 2.45) is 0 Å². The lowest BCUT2D eigenvalue weighted by atomic mass is 9.94. The van der Waals surface area contributed by atoms with Crippen LogP contribution in [0.2, 0.25) is 0 Å². The van der Waals surface area contributed by atoms with Crippen molar-refractivity contribution < 1.29 is 34.2 Å². The number of Topliss-reactive ketones (excluding diaryl/α,β-unsaturated/α-hetero) is 2. The van der Waals surface area contributed by atoms with Crippen LogP contribution in [-0.4, -0.2) is 39.5 Å². The number of carboxylic acids is 2. The summed E-state index contributed by atoms with van der Waals surface area (Å²) in [5.74, 6) is -4.26. The number of carbonyl (C=O) groups excluding carboxylic acids is 3. The molecular weight excluding hydrogens is 340 g/mol. The predicted octanol–water partition coefficient (Wildman–Crippen LogP) is 2.72. The van der Waals surface area contributed by atoms with Crippen molar-refractivity contribution >= 4 is 29.3 Å². The highest BCUT2D eigenvalue weighted by atomic mass is 16.4. The van der Waals surface area contributed by atoms with Crippen LogP contribution in [0.5, 0.6) is 0 Å². The molecule has 0 saturated heterocycles. The molecule has 0 fully saturated rings. The Balaban J connectivity index is 2.56. The average molecular weight is 354 g/mol. The second kappa shape index (κ2) is 7.10. The Bertz CT molecular complexity index is 892. The average Bonchev–Trinajstić information content (AvgIpc) is 2.59. The minimum Gasteiger partial charge on any atom is -0.478 e. The van der Waals surface area contributed by atoms with Crippen LogP contribution in [0, 0.1) is 0 Å². The number of carbonyl (C=O) groups is 5. The number of ketones is 3. The smallest absolute Gasteiger partial charge is 0.336 e. The number of hydrogen-bond donors (Lipinski definition) is 2. The van der Waals surface area contributed by atoms with Crippen LogP contribution in [0.25, 0.3) is 0 Å². The van der Waals surface area contributed by atoms with Gasteiger partial charge in [-0.15, -0.1) is 0 Å². The molecule has 0 aliphatic carbocycles. The summed E-state index contributed by atoms with van der Waals surface area (Å²) in [5, 5.41) is 18.5. The SMILES string of the molecule is CC(=O)c1ccc(C(=O)c2ccc(C(C)=O)c(C(=O)O)c2)cc1C(=O)O. The molecule has 0 unspecified atom stereocenters. The first-order valence-electron chi connectivity index (χ1n) is 7.44. The van der Waals surface area contributed by atoms with E-state index in [-0.39, 0.29) is 33.4 Å². The van der Waals surface area contributed by atoms with Crippen LogP contribution in [0.1, 0.15) is 71.2 Å². The fraction of sp³-hybridized carbons (Fsp3) is 0.105. The van der Waals surface area contributed by atoms with Crippen LogP contribution in [0.15, 0.2) is 36.4 Å². The van der Waals surface area contributed by atoms with Crippen molar-refractivity contribution in [3.8, 4) is 0 Å². The zero-order chi connectivity index (χ0) is 19.6. The highest BCUT2D eigenvalue weighted by Crippen LogP contribution is 2.19. The van der Waals surface area contributed by atoms with E-state index in [1.165, 1.54) is 38.1 Å². The second-order valence-electron chi connectivity index (χ2n) is 5.57. The fourth-order valence-corrected chi connectivity index (χ4v) is 2.51. The first kappa shape index (κ1) is 18.7. The minimum atomic E-state index is -1.36. The van der Waals surface area contributed by atoms with E-state index in [1.54, 1.807) is 0 Å². The monoisotopic (exact) mass is 354 g/mol. The van der Waals surface area contributed by atoms with E-state index in [0.29, 0.717) is 0 Å². The first-order valence-corrected chi connectivity index (χ1v) is 7.44. The van der Waals surface area contributed by atoms with Gasteiger partial charge in [0.15, 0.2) is 17.3 Å². The number of rotatable bonds is 6. The molecule has 0 heterocycles. The van der Waals surface area contributed by atoms with Crippen LogP contribution >= 0.6 is 0 Å². The Labute approximate surface area is 147 Å². The molecule has 0 saturated carbocycles. The van der Waals surface area contributed by atoms with E-state index >= 15 is 0 Å². The van der Waals surface area contributed by atoms with E-state index in [0.717, 1.165) is 12.1 Å². The molecule has 0 aliphatic rings. The van der Waals surface area contributed by atoms with Gasteiger partial charge in [-0.2, -0.15) is 0 Å². The summed E-state index contributed by atoms with van der Waals surface area (Å²) >= 11 is 0. The fourth-order valence-electron chi connectivity index (χ4n) is 2.51. The lowest BCUT2D eigenvalue weighted by Gasteiger charge is -2.08. The molecule has 7 nitrogen and oxygen atoms in total. The van der Waals surface area contributed by atoms with Crippen LogP contribution in [-0.2, 0) is 0 Å². The summed E-state index contributed by atoms with van der Waals surface area (Å²) in [6.45, 7) is 2.42. The van der Waals surface area contributed by atoms with Gasteiger partial charge in [-0.1, -0.05) is 12.1 Å². The maximum Gasteiger partial charge on any atom is 0.336 e. The van der Waals surface area contributed by atoms with Gasteiger partial charge in [-0.05, 0) is 38.1 Å². The standard InChI is InChI=1S/C19H14O7/c1-9(20)13-5-3-11(7-15(13)18(23)24)17(22)12-4-6-14(10(2)21)16(8-12)19(25)26/h3-8H,1-2H3,(H,23,24)(H,25,26). The molecule has 0 amide bonds. The van der Waals surface area contributed by atoms with Crippen molar-refractivity contribution in [2.45, 2.75) is 13.8 Å². The summed E-state index contributed by atoms with van der Waals surface area (Å²) in [6.07, 6.45) is 0. The zero-order valence-corrected chi connectivity index (χ0v) is 13.9. The van der Waals surface area contributed by atoms with Crippen LogP contribution in [0.4, 0.5) is 0 Å². The topological polar surface area (TPSA) is 126 Å². The third kappa shape index (κ3) is 3.56. The number of aromatic carboxylic acids is 2. The van der Waals surface area contributed by atoms with Crippen molar-refractivity contribution in [1.29, 1.82) is 0 Å². The van der Waals surface area contributed by atoms with Gasteiger partial charge in [0.2, 0.25) is 0 Å². The molecular formula is C19H14O7. The highest BCUT2D eigenvalue weighted by Gasteiger charge is 2.20. The molecule has 7 heteroatoms. The molecule has 2 N–H and O–H groups in total. The molecule has 2 aromatic rings. The molecule has 2 rings (SSSR count). The molecule has 0 spiro atoms. The van der Waals surface area contributed by atoms with Gasteiger partial charge in [-0.25, -0.2) is 9.59 Å². The number of carboxylic acid groups (broad SMARTS) is 2. The van der Waals surface area contributed by atoms with Gasteiger partial charge in [0.1, 0.15) is 0 Å². The normalized spacial score (nSPS) is 10.2. The Morgan fingerprint density at radius 1 is 0.615 bits per heavy atom. The molecule has 0 aliphatic heterocycles. The lowest BCUT2D eigenvalue weighted by molar-refractivity contribution is 0.0683. The van der Waals surface area contributed by atoms with Gasteiger partial charge in [0.05, 0.1) is 11.1 Å².